The van der Waals surface area contributed by atoms with Gasteiger partial charge >= 0.3 is 0 Å². The first-order valence-electron chi connectivity index (χ1n) is 20.9. The third kappa shape index (κ3) is 7.08. The molecule has 0 aliphatic rings. The van der Waals surface area contributed by atoms with E-state index in [0.29, 0.717) is 0 Å². The lowest BCUT2D eigenvalue weighted by Gasteiger charge is -2.26. The number of hydrogen-bond donors (Lipinski definition) is 0. The zero-order valence-corrected chi connectivity index (χ0v) is 34.8. The van der Waals surface area contributed by atoms with E-state index in [1.54, 1.807) is 0 Å². The first-order valence-corrected chi connectivity index (χ1v) is 20.9. The molecular weight excluding hydrogens is 745 g/mol. The summed E-state index contributed by atoms with van der Waals surface area (Å²) in [7, 11) is 0. The molecule has 5 nitrogen and oxygen atoms in total. The fourth-order valence-electron chi connectivity index (χ4n) is 8.59. The number of aromatic nitrogens is 4. The van der Waals surface area contributed by atoms with Gasteiger partial charge in [-0.3, -0.25) is 13.7 Å². The topological polar surface area (TPSA) is 35.9 Å². The average Bonchev–Trinajstić information content (AvgIpc) is 3.94. The SMILES string of the molecule is CC(C)(c1ccccc1)c1ccc(-[n+]2[c-]n(-c3cc(Oc4ccc5c6ccccc6n(-c6cc(C(C)(C)c7ccccc7)ccn6)c5c4)cc(-c4ccccc4)c3)cc2)cc1. The summed E-state index contributed by atoms with van der Waals surface area (Å²) in [4.78, 5) is 4.96. The van der Waals surface area contributed by atoms with Gasteiger partial charge < -0.3 is 4.74 Å². The van der Waals surface area contributed by atoms with Crippen molar-refractivity contribution < 1.29 is 9.30 Å². The Kier molecular flexibility index (Phi) is 9.45. The third-order valence-electron chi connectivity index (χ3n) is 12.3. The molecule has 0 unspecified atom stereocenters. The smallest absolute Gasteiger partial charge is 0.268 e. The lowest BCUT2D eigenvalue weighted by molar-refractivity contribution is -0.599. The Labute approximate surface area is 357 Å². The van der Waals surface area contributed by atoms with Gasteiger partial charge in [-0.2, -0.15) is 0 Å². The number of benzene rings is 7. The van der Waals surface area contributed by atoms with Gasteiger partial charge in [-0.15, -0.1) is 0 Å². The van der Waals surface area contributed by atoms with E-state index in [-0.39, 0.29) is 10.8 Å². The summed E-state index contributed by atoms with van der Waals surface area (Å²) < 4.78 is 13.2. The number of pyridine rings is 1. The summed E-state index contributed by atoms with van der Waals surface area (Å²) in [6.07, 6.45) is 9.58. The van der Waals surface area contributed by atoms with Crippen LogP contribution in [0.4, 0.5) is 0 Å². The second-order valence-corrected chi connectivity index (χ2v) is 16.8. The van der Waals surface area contributed by atoms with Gasteiger partial charge in [0.2, 0.25) is 0 Å². The molecular formula is C56H46N4O. The molecule has 10 rings (SSSR count). The molecule has 7 aromatic carbocycles. The highest BCUT2D eigenvalue weighted by Crippen LogP contribution is 2.38. The van der Waals surface area contributed by atoms with Crippen molar-refractivity contribution in [2.45, 2.75) is 38.5 Å². The van der Waals surface area contributed by atoms with Crippen LogP contribution in [0.25, 0.3) is 50.1 Å². The summed E-state index contributed by atoms with van der Waals surface area (Å²) in [6.45, 7) is 9.09. The van der Waals surface area contributed by atoms with Crippen LogP contribution in [0.15, 0.2) is 207 Å². The zero-order valence-electron chi connectivity index (χ0n) is 34.8. The monoisotopic (exact) mass is 790 g/mol. The maximum absolute atomic E-state index is 6.84. The van der Waals surface area contributed by atoms with Gasteiger partial charge in [0.15, 0.2) is 0 Å². The van der Waals surface area contributed by atoms with Gasteiger partial charge in [-0.25, -0.2) is 4.98 Å². The van der Waals surface area contributed by atoms with Crippen molar-refractivity contribution in [2.75, 3.05) is 0 Å². The van der Waals surface area contributed by atoms with Crippen molar-refractivity contribution in [3.8, 4) is 39.8 Å². The molecule has 3 aromatic heterocycles. The normalized spacial score (nSPS) is 11.9. The summed E-state index contributed by atoms with van der Waals surface area (Å²) in [6, 6.07) is 66.2. The fraction of sp³-hybridized carbons (Fsp3) is 0.107. The van der Waals surface area contributed by atoms with Crippen LogP contribution >= 0.6 is 0 Å². The molecule has 0 aliphatic carbocycles. The number of imidazole rings is 1. The molecule has 10 aromatic rings. The maximum Gasteiger partial charge on any atom is 0.268 e. The fourth-order valence-corrected chi connectivity index (χ4v) is 8.59. The van der Waals surface area contributed by atoms with Crippen molar-refractivity contribution in [1.29, 1.82) is 0 Å². The Balaban J connectivity index is 1.01. The van der Waals surface area contributed by atoms with Crippen LogP contribution in [0.5, 0.6) is 11.5 Å². The Hall–Kier alpha value is -7.50. The number of fused-ring (bicyclic) bond motifs is 3. The zero-order chi connectivity index (χ0) is 41.6. The maximum atomic E-state index is 6.84. The van der Waals surface area contributed by atoms with Gasteiger partial charge in [-0.1, -0.05) is 149 Å². The molecule has 61 heavy (non-hydrogen) atoms. The van der Waals surface area contributed by atoms with E-state index >= 15 is 0 Å². The van der Waals surface area contributed by atoms with Crippen LogP contribution in [0.2, 0.25) is 0 Å². The van der Waals surface area contributed by atoms with Crippen LogP contribution in [0.1, 0.15) is 49.9 Å². The van der Waals surface area contributed by atoms with E-state index in [2.05, 4.69) is 221 Å². The van der Waals surface area contributed by atoms with Crippen LogP contribution in [0.3, 0.4) is 0 Å². The lowest BCUT2D eigenvalue weighted by Crippen LogP contribution is -2.28. The Bertz CT molecular complexity index is 3140. The largest absolute Gasteiger partial charge is 0.458 e. The molecule has 5 heteroatoms. The molecule has 0 saturated carbocycles. The number of nitrogens with zero attached hydrogens (tertiary/aromatic N) is 4. The van der Waals surface area contributed by atoms with Gasteiger partial charge in [0.25, 0.3) is 6.33 Å². The Morgan fingerprint density at radius 1 is 0.508 bits per heavy atom. The predicted molar refractivity (Wildman–Crippen MR) is 247 cm³/mol. The van der Waals surface area contributed by atoms with Crippen molar-refractivity contribution in [3.63, 3.8) is 0 Å². The van der Waals surface area contributed by atoms with Gasteiger partial charge in [-0.05, 0) is 94.0 Å². The molecule has 0 spiro atoms. The average molecular weight is 791 g/mol. The van der Waals surface area contributed by atoms with E-state index in [0.717, 1.165) is 61.6 Å². The second kappa shape index (κ2) is 15.3. The summed E-state index contributed by atoms with van der Waals surface area (Å²) in [5.41, 5.74) is 10.9. The van der Waals surface area contributed by atoms with Crippen LogP contribution < -0.4 is 9.30 Å². The summed E-state index contributed by atoms with van der Waals surface area (Å²) in [5, 5.41) is 2.30. The highest BCUT2D eigenvalue weighted by molar-refractivity contribution is 6.09. The van der Waals surface area contributed by atoms with Gasteiger partial charge in [0.1, 0.15) is 17.3 Å². The quantitative estimate of drug-likeness (QED) is 0.102. The highest BCUT2D eigenvalue weighted by atomic mass is 16.5. The second-order valence-electron chi connectivity index (χ2n) is 16.8. The van der Waals surface area contributed by atoms with E-state index in [4.69, 9.17) is 9.72 Å². The minimum Gasteiger partial charge on any atom is -0.458 e. The third-order valence-corrected chi connectivity index (χ3v) is 12.3. The first-order chi connectivity index (χ1) is 29.7. The minimum absolute atomic E-state index is 0.114. The van der Waals surface area contributed by atoms with Crippen LogP contribution in [0, 0.1) is 6.33 Å². The van der Waals surface area contributed by atoms with Crippen molar-refractivity contribution in [1.82, 2.24) is 14.1 Å². The van der Waals surface area contributed by atoms with Crippen LogP contribution in [-0.2, 0) is 10.8 Å². The standard InChI is InChI=1S/C56H46N4O/c1-55(2,42-18-10-6-11-19-42)44-24-26-46(27-25-44)58-32-33-59(39-58)47-34-41(40-16-8-5-9-17-40)35-49(37-47)61-48-28-29-51-50-22-14-15-23-52(50)60(53(51)38-48)54-36-45(30-31-57-54)56(3,4)43-20-12-7-13-21-43/h5-38H,1-4H3. The van der Waals surface area contributed by atoms with Gasteiger partial charge in [0.05, 0.1) is 22.4 Å². The van der Waals surface area contributed by atoms with Gasteiger partial charge in [0, 0.05) is 46.3 Å². The molecule has 0 fully saturated rings. The molecule has 0 amide bonds. The van der Waals surface area contributed by atoms with Crippen molar-refractivity contribution in [2.24, 2.45) is 0 Å². The Morgan fingerprint density at radius 2 is 1.13 bits per heavy atom. The van der Waals surface area contributed by atoms with Crippen molar-refractivity contribution >= 4 is 21.8 Å². The molecule has 3 heterocycles. The Morgan fingerprint density at radius 3 is 1.85 bits per heavy atom. The van der Waals surface area contributed by atoms with E-state index in [1.807, 2.05) is 33.8 Å². The minimum atomic E-state index is -0.214. The molecule has 0 N–H and O–H groups in total. The number of rotatable bonds is 10. The van der Waals surface area contributed by atoms with E-state index in [1.165, 1.54) is 22.3 Å². The number of hydrogen-bond acceptors (Lipinski definition) is 2. The van der Waals surface area contributed by atoms with E-state index < -0.39 is 0 Å². The molecule has 296 valence electrons. The molecule has 0 aliphatic heterocycles. The summed E-state index contributed by atoms with van der Waals surface area (Å²) >= 11 is 0. The molecule has 0 saturated heterocycles. The predicted octanol–water partition coefficient (Wildman–Crippen LogP) is 13.2. The van der Waals surface area contributed by atoms with Crippen molar-refractivity contribution in [3.05, 3.63) is 235 Å². The highest BCUT2D eigenvalue weighted by Gasteiger charge is 2.25. The molecule has 0 bridgehead atoms. The molecule has 0 atom stereocenters. The lowest BCUT2D eigenvalue weighted by atomic mass is 9.78. The number of ether oxygens (including phenoxy) is 1. The van der Waals surface area contributed by atoms with Crippen LogP contribution in [-0.4, -0.2) is 14.1 Å². The number of para-hydroxylation sites is 1. The summed E-state index contributed by atoms with van der Waals surface area (Å²) in [5.74, 6) is 2.33. The first kappa shape index (κ1) is 37.7. The molecule has 0 radical (unpaired) electrons. The van der Waals surface area contributed by atoms with E-state index in [9.17, 15) is 0 Å².